The Bertz CT molecular complexity index is 3230. The summed E-state index contributed by atoms with van der Waals surface area (Å²) in [6, 6.07) is 60.5. The number of H-pyrrole nitrogens is 2. The molecule has 11 rings (SSSR count). The van der Waals surface area contributed by atoms with Gasteiger partial charge in [-0.1, -0.05) is 127 Å². The van der Waals surface area contributed by atoms with Gasteiger partial charge in [-0.25, -0.2) is 0 Å². The first-order valence-corrected chi connectivity index (χ1v) is 70.4. The number of nitrogens with zero attached hydrogens (tertiary/aromatic N) is 8. The predicted molar refractivity (Wildman–Crippen MR) is 338 cm³/mol. The van der Waals surface area contributed by atoms with E-state index in [0.717, 1.165) is 50.8 Å². The first-order valence-electron chi connectivity index (χ1n) is 20.1. The number of para-hydroxylation sites is 2. The summed E-state index contributed by atoms with van der Waals surface area (Å²) in [5.74, 6) is 1.21. The molecule has 0 saturated heterocycles. The number of hydrogen-bond donors (Lipinski definition) is 2. The van der Waals surface area contributed by atoms with Crippen molar-refractivity contribution in [3.05, 3.63) is 193 Å². The Labute approximate surface area is 450 Å². The number of rotatable bonds is 10. The van der Waals surface area contributed by atoms with E-state index in [-0.39, 0.29) is 23.7 Å². The summed E-state index contributed by atoms with van der Waals surface area (Å²) in [4.78, 5) is 5.25. The molecule has 0 unspecified atom stereocenters. The molecule has 0 fully saturated rings. The molecule has 4 aromatic heterocycles. The minimum absolute atomic E-state index is 0.226. The minimum Gasteiger partial charge on any atom is -0.355 e. The Morgan fingerprint density at radius 2 is 1.12 bits per heavy atom. The van der Waals surface area contributed by atoms with Crippen molar-refractivity contribution in [2.45, 2.75) is 19.0 Å². The number of fused-ring (bicyclic) bond motifs is 6. The second kappa shape index (κ2) is 23.4. The third-order valence-electron chi connectivity index (χ3n) is 10.9. The molecule has 2 N–H and O–H groups in total. The molecule has 0 bridgehead atoms. The first kappa shape index (κ1) is 49.8. The zero-order valence-electron chi connectivity index (χ0n) is 34.4. The van der Waals surface area contributed by atoms with E-state index in [2.05, 4.69) is 280 Å². The maximum absolute atomic E-state index is 5.04. The van der Waals surface area contributed by atoms with Gasteiger partial charge in [-0.05, 0) is 82.6 Å². The second-order valence-electron chi connectivity index (χ2n) is 14.4. The van der Waals surface area contributed by atoms with E-state index in [1.54, 1.807) is 4.80 Å². The fraction of sp³-hybridized carbons (Fsp3) is 0.0638. The number of aryl methyl sites for hydroxylation is 1. The average Bonchev–Trinajstić information content (AvgIpc) is 4.21. The van der Waals surface area contributed by atoms with Crippen LogP contribution in [0.3, 0.4) is 0 Å². The SMILES string of the molecule is CCn1c2ccccc2c2cc(-c3nn[nH]n3)ccc21.I[I-]I(I)I(I)I(I)I.c1ccc(C(c2ccccc2)(c2ccccc2)n2nnc(-c3ccc4[nH]c5ccccc5c4c3)n2)cc1. The average molecular weight is 1880 g/mol. The maximum Gasteiger partial charge on any atom is 0.205 e. The van der Waals surface area contributed by atoms with Gasteiger partial charge in [0.25, 0.3) is 0 Å². The molecule has 10 nitrogen and oxygen atoms in total. The van der Waals surface area contributed by atoms with Gasteiger partial charge < -0.3 is 9.55 Å². The van der Waals surface area contributed by atoms with Crippen LogP contribution in [-0.4, -0.2) is 50.4 Å². The van der Waals surface area contributed by atoms with Crippen LogP contribution >= 0.6 is 117 Å². The van der Waals surface area contributed by atoms with Crippen molar-refractivity contribution < 1.29 is 13.3 Å². The molecule has 0 amide bonds. The number of aromatic amines is 2. The van der Waals surface area contributed by atoms with Gasteiger partial charge in [0.15, 0.2) is 5.54 Å². The molecular weight excluding hydrogens is 1850 g/mol. The van der Waals surface area contributed by atoms with Crippen molar-refractivity contribution in [3.63, 3.8) is 0 Å². The molecule has 0 saturated carbocycles. The number of nitrogens with one attached hydrogen (secondary N) is 2. The molecule has 338 valence electrons. The van der Waals surface area contributed by atoms with Gasteiger partial charge in [0.2, 0.25) is 11.6 Å². The van der Waals surface area contributed by atoms with Crippen LogP contribution in [0.25, 0.3) is 66.4 Å². The summed E-state index contributed by atoms with van der Waals surface area (Å²) in [6.07, 6.45) is 0. The molecule has 0 spiro atoms. The standard InChI is InChI=1S/C32H23N5.C15H13N5.I9/c1-4-12-24(13-5-1)32(25-14-6-2-7-15-25,26-16-8-3-9-17-26)37-35-31(34-36-37)23-20-21-30-28(22-23)27-18-10-11-19-29(27)33-30;1-2-20-13-6-4-3-5-11(13)12-9-10(7-8-14(12)20)15-16-18-19-17-15;1-6-8(4)9(5)7(2)3/h1-22,33H;3-9H,2H2,1H3,(H,16,17,18,19);/q;;-1. The van der Waals surface area contributed by atoms with Crippen molar-refractivity contribution in [3.8, 4) is 22.8 Å². The van der Waals surface area contributed by atoms with Crippen LogP contribution in [-0.2, 0) is 12.1 Å². The zero-order chi connectivity index (χ0) is 45.6. The van der Waals surface area contributed by atoms with E-state index in [0.29, 0.717) is 24.9 Å². The summed E-state index contributed by atoms with van der Waals surface area (Å²) >= 11 is 14.6. The quantitative estimate of drug-likeness (QED) is 0.104. The Kier molecular flexibility index (Phi) is 17.7. The van der Waals surface area contributed by atoms with Gasteiger partial charge in [0, 0.05) is 61.3 Å². The number of hydrogen-bond acceptors (Lipinski definition) is 6. The number of aromatic nitrogens is 10. The van der Waals surface area contributed by atoms with E-state index in [9.17, 15) is 0 Å². The van der Waals surface area contributed by atoms with Gasteiger partial charge in [0.05, 0.1) is 0 Å². The van der Waals surface area contributed by atoms with Crippen LogP contribution in [0.15, 0.2) is 176 Å². The van der Waals surface area contributed by atoms with Gasteiger partial charge >= 0.3 is 130 Å². The molecular formula is C47H36I9N10-. The predicted octanol–water partition coefficient (Wildman–Crippen LogP) is 13.9. The Hall–Kier alpha value is -1.15. The van der Waals surface area contributed by atoms with Gasteiger partial charge in [-0.3, -0.25) is 0 Å². The molecule has 66 heavy (non-hydrogen) atoms. The molecule has 19 heteroatoms. The van der Waals surface area contributed by atoms with Gasteiger partial charge in [-0.2, -0.15) is 5.21 Å². The molecule has 11 aromatic rings. The molecule has 4 heterocycles. The van der Waals surface area contributed by atoms with E-state index >= 15 is 0 Å². The minimum atomic E-state index is -0.792. The molecule has 0 atom stereocenters. The monoisotopic (exact) mass is 1880 g/mol. The maximum atomic E-state index is 5.04. The second-order valence-corrected chi connectivity index (χ2v) is 177. The molecule has 0 aliphatic carbocycles. The third kappa shape index (κ3) is 10.6. The van der Waals surface area contributed by atoms with Crippen molar-refractivity contribution in [1.82, 2.24) is 50.4 Å². The topological polar surface area (TPSA) is 119 Å². The fourth-order valence-electron chi connectivity index (χ4n) is 8.21. The van der Waals surface area contributed by atoms with Crippen molar-refractivity contribution >= 4 is 160 Å². The summed E-state index contributed by atoms with van der Waals surface area (Å²) in [6.45, 7) is 3.12. The number of tetrazole rings is 2. The normalized spacial score (nSPS) is 12.2. The number of benzene rings is 7. The van der Waals surface area contributed by atoms with Crippen LogP contribution in [0.1, 0.15) is 23.6 Å². The Morgan fingerprint density at radius 1 is 0.576 bits per heavy atom. The van der Waals surface area contributed by atoms with E-state index in [1.807, 2.05) is 36.4 Å². The van der Waals surface area contributed by atoms with Crippen LogP contribution < -0.4 is 13.3 Å². The molecule has 0 radical (unpaired) electrons. The smallest absolute Gasteiger partial charge is 0.205 e. The van der Waals surface area contributed by atoms with Gasteiger partial charge in [0.1, 0.15) is 0 Å². The molecule has 7 aromatic carbocycles. The van der Waals surface area contributed by atoms with E-state index < -0.39 is 5.54 Å². The van der Waals surface area contributed by atoms with Crippen LogP contribution in [0, 0.1) is 0 Å². The van der Waals surface area contributed by atoms with Crippen molar-refractivity contribution in [2.24, 2.45) is 0 Å². The summed E-state index contributed by atoms with van der Waals surface area (Å²) in [5.41, 5.74) is 8.98. The Morgan fingerprint density at radius 3 is 1.71 bits per heavy atom. The van der Waals surface area contributed by atoms with Crippen LogP contribution in [0.2, 0.25) is 0 Å². The Balaban J connectivity index is 0.000000157. The van der Waals surface area contributed by atoms with E-state index in [4.69, 9.17) is 5.10 Å². The molecule has 0 aliphatic rings. The summed E-state index contributed by atoms with van der Waals surface area (Å²) in [7, 11) is -0.795. The third-order valence-corrected chi connectivity index (χ3v) is 424. The largest absolute Gasteiger partial charge is 0.355 e. The summed E-state index contributed by atoms with van der Waals surface area (Å²) < 4.78 is 2.32. The van der Waals surface area contributed by atoms with Crippen molar-refractivity contribution in [2.75, 3.05) is 0 Å². The molecule has 0 aliphatic heterocycles. The van der Waals surface area contributed by atoms with Crippen LogP contribution in [0.4, 0.5) is 0 Å². The fourth-order valence-corrected chi connectivity index (χ4v) is 637. The zero-order valence-corrected chi connectivity index (χ0v) is 53.8. The first-order chi connectivity index (χ1) is 32.3. The van der Waals surface area contributed by atoms with Gasteiger partial charge in [-0.15, -0.1) is 25.2 Å². The van der Waals surface area contributed by atoms with E-state index in [1.165, 1.54) is 27.2 Å². The number of halogens is 9. The summed E-state index contributed by atoms with van der Waals surface area (Å²) in [5, 5.41) is 33.3. The van der Waals surface area contributed by atoms with Crippen LogP contribution in [0.5, 0.6) is 0 Å². The van der Waals surface area contributed by atoms with Crippen molar-refractivity contribution in [1.29, 1.82) is 0 Å².